The summed E-state index contributed by atoms with van der Waals surface area (Å²) in [6, 6.07) is 11.8. The number of aromatic nitrogens is 1. The first kappa shape index (κ1) is 19.4. The van der Waals surface area contributed by atoms with Gasteiger partial charge in [-0.3, -0.25) is 4.79 Å². The van der Waals surface area contributed by atoms with Gasteiger partial charge >= 0.3 is 0 Å². The van der Waals surface area contributed by atoms with E-state index in [1.165, 1.54) is 23.5 Å². The molecule has 0 saturated carbocycles. The summed E-state index contributed by atoms with van der Waals surface area (Å²) in [5.74, 6) is -0.358. The molecule has 27 heavy (non-hydrogen) atoms. The Morgan fingerprint density at radius 2 is 2.04 bits per heavy atom. The summed E-state index contributed by atoms with van der Waals surface area (Å²) >= 11 is 1.23. The number of carbonyl (C=O) groups excluding carboxylic acids is 1. The fraction of sp³-hybridized carbons (Fsp3) is 0.222. The van der Waals surface area contributed by atoms with Gasteiger partial charge in [0.05, 0.1) is 21.7 Å². The Morgan fingerprint density at radius 1 is 1.26 bits per heavy atom. The first-order valence-electron chi connectivity index (χ1n) is 8.10. The lowest BCUT2D eigenvalue weighted by molar-refractivity contribution is 0.0997. The molecule has 9 heteroatoms. The van der Waals surface area contributed by atoms with E-state index < -0.39 is 10.0 Å². The third kappa shape index (κ3) is 4.33. The second kappa shape index (κ2) is 7.73. The van der Waals surface area contributed by atoms with Gasteiger partial charge in [-0.2, -0.15) is 4.99 Å². The van der Waals surface area contributed by atoms with Crippen LogP contribution in [0.25, 0.3) is 10.2 Å². The molecule has 142 valence electrons. The summed E-state index contributed by atoms with van der Waals surface area (Å²) in [4.78, 5) is 17.3. The van der Waals surface area contributed by atoms with Crippen LogP contribution in [0.3, 0.4) is 0 Å². The summed E-state index contributed by atoms with van der Waals surface area (Å²) < 4.78 is 30.9. The molecule has 0 radical (unpaired) electrons. The van der Waals surface area contributed by atoms with Gasteiger partial charge in [0.2, 0.25) is 10.0 Å². The van der Waals surface area contributed by atoms with E-state index in [9.17, 15) is 13.2 Å². The van der Waals surface area contributed by atoms with E-state index in [0.29, 0.717) is 28.2 Å². The van der Waals surface area contributed by atoms with E-state index in [-0.39, 0.29) is 10.8 Å². The SMILES string of the molecule is COCCn1c(=NC(=O)c2cccc(C)c2)sc2cc(S(N)(=O)=O)ccc21. The van der Waals surface area contributed by atoms with Crippen molar-refractivity contribution in [2.24, 2.45) is 10.1 Å². The number of benzene rings is 2. The van der Waals surface area contributed by atoms with Gasteiger partial charge in [-0.25, -0.2) is 13.6 Å². The highest BCUT2D eigenvalue weighted by Gasteiger charge is 2.13. The Morgan fingerprint density at radius 3 is 2.70 bits per heavy atom. The van der Waals surface area contributed by atoms with Crippen LogP contribution in [0.4, 0.5) is 0 Å². The Kier molecular flexibility index (Phi) is 5.56. The number of primary sulfonamides is 1. The van der Waals surface area contributed by atoms with Crippen LogP contribution in [0.1, 0.15) is 15.9 Å². The quantitative estimate of drug-likeness (QED) is 0.701. The van der Waals surface area contributed by atoms with Gasteiger partial charge in [-0.15, -0.1) is 0 Å². The molecule has 7 nitrogen and oxygen atoms in total. The highest BCUT2D eigenvalue weighted by molar-refractivity contribution is 7.89. The predicted octanol–water partition coefficient (Wildman–Crippen LogP) is 2.05. The van der Waals surface area contributed by atoms with Crippen LogP contribution in [0.5, 0.6) is 0 Å². The lowest BCUT2D eigenvalue weighted by atomic mass is 10.1. The Labute approximate surface area is 160 Å². The molecule has 0 aliphatic carbocycles. The van der Waals surface area contributed by atoms with Gasteiger partial charge in [0.1, 0.15) is 0 Å². The predicted molar refractivity (Wildman–Crippen MR) is 104 cm³/mol. The van der Waals surface area contributed by atoms with E-state index in [1.807, 2.05) is 17.6 Å². The topological polar surface area (TPSA) is 104 Å². The van der Waals surface area contributed by atoms with Gasteiger partial charge in [-0.1, -0.05) is 29.0 Å². The average molecular weight is 406 g/mol. The van der Waals surface area contributed by atoms with E-state index in [4.69, 9.17) is 9.88 Å². The van der Waals surface area contributed by atoms with Crippen molar-refractivity contribution in [2.45, 2.75) is 18.4 Å². The summed E-state index contributed by atoms with van der Waals surface area (Å²) in [7, 11) is -2.22. The molecule has 0 spiro atoms. The Hall–Kier alpha value is -2.33. The molecule has 1 heterocycles. The molecule has 0 bridgehead atoms. The third-order valence-electron chi connectivity index (χ3n) is 3.96. The monoisotopic (exact) mass is 405 g/mol. The van der Waals surface area contributed by atoms with Crippen molar-refractivity contribution in [3.05, 3.63) is 58.4 Å². The zero-order valence-electron chi connectivity index (χ0n) is 14.9. The molecule has 0 unspecified atom stereocenters. The molecule has 3 aromatic rings. The molecule has 0 atom stereocenters. The van der Waals surface area contributed by atoms with Gasteiger partial charge in [0, 0.05) is 19.2 Å². The van der Waals surface area contributed by atoms with Gasteiger partial charge in [-0.05, 0) is 37.3 Å². The first-order chi connectivity index (χ1) is 12.8. The van der Waals surface area contributed by atoms with Crippen molar-refractivity contribution < 1.29 is 17.9 Å². The molecule has 2 aromatic carbocycles. The van der Waals surface area contributed by atoms with E-state index in [0.717, 1.165) is 11.1 Å². The maximum absolute atomic E-state index is 12.6. The number of fused-ring (bicyclic) bond motifs is 1. The lowest BCUT2D eigenvalue weighted by Crippen LogP contribution is -2.19. The van der Waals surface area contributed by atoms with Crippen LogP contribution >= 0.6 is 11.3 Å². The van der Waals surface area contributed by atoms with Crippen LogP contribution < -0.4 is 9.94 Å². The lowest BCUT2D eigenvalue weighted by Gasteiger charge is -2.05. The number of nitrogens with zero attached hydrogens (tertiary/aromatic N) is 2. The van der Waals surface area contributed by atoms with Crippen LogP contribution in [0.2, 0.25) is 0 Å². The van der Waals surface area contributed by atoms with Crippen molar-refractivity contribution in [2.75, 3.05) is 13.7 Å². The zero-order valence-corrected chi connectivity index (χ0v) is 16.5. The minimum Gasteiger partial charge on any atom is -0.383 e. The summed E-state index contributed by atoms with van der Waals surface area (Å²) in [5, 5.41) is 5.22. The van der Waals surface area contributed by atoms with Crippen LogP contribution in [0, 0.1) is 6.92 Å². The van der Waals surface area contributed by atoms with E-state index in [1.54, 1.807) is 31.4 Å². The standard InChI is InChI=1S/C18H19N3O4S2/c1-12-4-3-5-13(10-12)17(22)20-18-21(8-9-25-2)15-7-6-14(27(19,23)24)11-16(15)26-18/h3-7,10-11H,8-9H2,1-2H3,(H2,19,23,24). The highest BCUT2D eigenvalue weighted by atomic mass is 32.2. The van der Waals surface area contributed by atoms with Crippen molar-refractivity contribution in [3.63, 3.8) is 0 Å². The fourth-order valence-corrected chi connectivity index (χ4v) is 4.35. The number of ether oxygens (including phenoxy) is 1. The number of hydrogen-bond donors (Lipinski definition) is 1. The highest BCUT2D eigenvalue weighted by Crippen LogP contribution is 2.21. The zero-order chi connectivity index (χ0) is 19.6. The molecule has 1 aromatic heterocycles. The number of hydrogen-bond acceptors (Lipinski definition) is 5. The number of sulfonamides is 1. The fourth-order valence-electron chi connectivity index (χ4n) is 2.64. The van der Waals surface area contributed by atoms with Crippen molar-refractivity contribution in [1.82, 2.24) is 4.57 Å². The van der Waals surface area contributed by atoms with Crippen LogP contribution in [0.15, 0.2) is 52.4 Å². The van der Waals surface area contributed by atoms with Gasteiger partial charge < -0.3 is 9.30 Å². The molecule has 3 rings (SSSR count). The normalized spacial score (nSPS) is 12.6. The van der Waals surface area contributed by atoms with E-state index in [2.05, 4.69) is 4.99 Å². The van der Waals surface area contributed by atoms with Crippen LogP contribution in [-0.4, -0.2) is 32.6 Å². The number of carbonyl (C=O) groups is 1. The largest absolute Gasteiger partial charge is 0.383 e. The smallest absolute Gasteiger partial charge is 0.279 e. The number of nitrogens with two attached hydrogens (primary N) is 1. The van der Waals surface area contributed by atoms with Gasteiger partial charge in [0.15, 0.2) is 4.80 Å². The second-order valence-corrected chi connectivity index (χ2v) is 8.56. The minimum atomic E-state index is -3.81. The minimum absolute atomic E-state index is 0.0201. The molecule has 0 aliphatic rings. The van der Waals surface area contributed by atoms with Gasteiger partial charge in [0.25, 0.3) is 5.91 Å². The Bertz CT molecular complexity index is 1180. The number of amides is 1. The molecule has 1 amide bonds. The molecular weight excluding hydrogens is 386 g/mol. The van der Waals surface area contributed by atoms with E-state index >= 15 is 0 Å². The van der Waals surface area contributed by atoms with Crippen molar-refractivity contribution >= 4 is 37.5 Å². The molecular formula is C18H19N3O4S2. The Balaban J connectivity index is 2.16. The number of rotatable bonds is 5. The number of aryl methyl sites for hydroxylation is 1. The number of methoxy groups -OCH3 is 1. The first-order valence-corrected chi connectivity index (χ1v) is 10.5. The maximum Gasteiger partial charge on any atom is 0.279 e. The summed E-state index contributed by atoms with van der Waals surface area (Å²) in [6.45, 7) is 2.81. The third-order valence-corrected chi connectivity index (χ3v) is 5.92. The van der Waals surface area contributed by atoms with Crippen molar-refractivity contribution in [3.8, 4) is 0 Å². The second-order valence-electron chi connectivity index (χ2n) is 5.99. The average Bonchev–Trinajstić information content (AvgIpc) is 2.95. The molecule has 2 N–H and O–H groups in total. The molecule has 0 saturated heterocycles. The summed E-state index contributed by atoms with van der Waals surface area (Å²) in [6.07, 6.45) is 0. The molecule has 0 fully saturated rings. The maximum atomic E-state index is 12.6. The van der Waals surface area contributed by atoms with Crippen LogP contribution in [-0.2, 0) is 21.3 Å². The van der Waals surface area contributed by atoms with Crippen molar-refractivity contribution in [1.29, 1.82) is 0 Å². The number of thiazole rings is 1. The summed E-state index contributed by atoms with van der Waals surface area (Å²) in [5.41, 5.74) is 2.23. The molecule has 0 aliphatic heterocycles.